The average Bonchev–Trinajstić information content (AvgIpc) is 2.80. The first-order chi connectivity index (χ1) is 16.9. The monoisotopic (exact) mass is 521 g/mol. The minimum Gasteiger partial charge on any atom is -0.391 e. The Labute approximate surface area is 220 Å². The van der Waals surface area contributed by atoms with Gasteiger partial charge in [0.25, 0.3) is 0 Å². The fraction of sp³-hybridized carbons (Fsp3) is 0.630. The van der Waals surface area contributed by atoms with E-state index in [1.807, 2.05) is 58.0 Å². The van der Waals surface area contributed by atoms with Crippen LogP contribution in [0.4, 0.5) is 0 Å². The number of Topliss-reactive ketones (excluding diaryl/α,β-unsaturated/α-hetero) is 1. The van der Waals surface area contributed by atoms with Gasteiger partial charge in [-0.2, -0.15) is 12.6 Å². The Morgan fingerprint density at radius 1 is 0.917 bits per heavy atom. The molecule has 0 aromatic heterocycles. The minimum absolute atomic E-state index is 0.0808. The van der Waals surface area contributed by atoms with Gasteiger partial charge in [-0.3, -0.25) is 19.2 Å². The molecule has 0 bridgehead atoms. The van der Waals surface area contributed by atoms with Crippen molar-refractivity contribution in [3.8, 4) is 0 Å². The highest BCUT2D eigenvalue weighted by Gasteiger charge is 2.32. The van der Waals surface area contributed by atoms with Crippen LogP contribution >= 0.6 is 12.6 Å². The lowest BCUT2D eigenvalue weighted by molar-refractivity contribution is -0.135. The smallest absolute Gasteiger partial charge is 0.243 e. The second-order valence-corrected chi connectivity index (χ2v) is 10.6. The molecule has 0 aliphatic rings. The summed E-state index contributed by atoms with van der Waals surface area (Å²) >= 11 is 4.17. The molecule has 3 amide bonds. The summed E-state index contributed by atoms with van der Waals surface area (Å²) in [7, 11) is 0. The van der Waals surface area contributed by atoms with E-state index in [0.29, 0.717) is 25.7 Å². The van der Waals surface area contributed by atoms with Gasteiger partial charge >= 0.3 is 0 Å². The fourth-order valence-corrected chi connectivity index (χ4v) is 4.34. The summed E-state index contributed by atoms with van der Waals surface area (Å²) in [6.07, 6.45) is 1.16. The summed E-state index contributed by atoms with van der Waals surface area (Å²) in [5.41, 5.74) is 6.32. The molecule has 4 atom stereocenters. The van der Waals surface area contributed by atoms with Crippen LogP contribution in [0.15, 0.2) is 30.3 Å². The zero-order valence-corrected chi connectivity index (χ0v) is 22.8. The molecule has 0 heterocycles. The quantitative estimate of drug-likeness (QED) is 0.158. The number of nitrogens with one attached hydrogen (secondary N) is 2. The molecule has 0 saturated carbocycles. The molecular formula is C27H43N3O5S. The number of hydrogen-bond donors (Lipinski definition) is 5. The van der Waals surface area contributed by atoms with Crippen molar-refractivity contribution in [3.63, 3.8) is 0 Å². The van der Waals surface area contributed by atoms with Gasteiger partial charge in [-0.25, -0.2) is 0 Å². The molecule has 0 aliphatic heterocycles. The number of rotatable bonds is 17. The van der Waals surface area contributed by atoms with Crippen molar-refractivity contribution < 1.29 is 24.3 Å². The number of nitrogens with two attached hydrogens (primary N) is 1. The molecule has 1 aromatic carbocycles. The van der Waals surface area contributed by atoms with E-state index in [1.165, 1.54) is 0 Å². The van der Waals surface area contributed by atoms with Crippen molar-refractivity contribution in [2.45, 2.75) is 84.4 Å². The normalized spacial score (nSPS) is 14.7. The highest BCUT2D eigenvalue weighted by atomic mass is 32.1. The van der Waals surface area contributed by atoms with E-state index < -0.39 is 54.0 Å². The van der Waals surface area contributed by atoms with Crippen LogP contribution in [0.2, 0.25) is 0 Å². The second kappa shape index (κ2) is 16.4. The van der Waals surface area contributed by atoms with E-state index in [1.54, 1.807) is 0 Å². The largest absolute Gasteiger partial charge is 0.391 e. The Morgan fingerprint density at radius 3 is 2.00 bits per heavy atom. The molecule has 5 N–H and O–H groups in total. The number of aliphatic hydroxyl groups is 1. The molecular weight excluding hydrogens is 478 g/mol. The maximum absolute atomic E-state index is 13.2. The first-order valence-electron chi connectivity index (χ1n) is 12.7. The van der Waals surface area contributed by atoms with Crippen LogP contribution in [-0.2, 0) is 25.6 Å². The molecule has 0 fully saturated rings. The van der Waals surface area contributed by atoms with E-state index in [2.05, 4.69) is 23.3 Å². The molecule has 1 rings (SSSR count). The molecule has 0 radical (unpaired) electrons. The number of aliphatic hydroxyl groups excluding tert-OH is 1. The Morgan fingerprint density at radius 2 is 1.47 bits per heavy atom. The maximum atomic E-state index is 13.2. The van der Waals surface area contributed by atoms with Gasteiger partial charge in [0.05, 0.1) is 24.5 Å². The molecule has 8 nitrogen and oxygen atoms in total. The van der Waals surface area contributed by atoms with Gasteiger partial charge in [0.1, 0.15) is 6.04 Å². The number of amides is 3. The third-order valence-electron chi connectivity index (χ3n) is 5.91. The van der Waals surface area contributed by atoms with Crippen LogP contribution in [0, 0.1) is 17.8 Å². The van der Waals surface area contributed by atoms with E-state index in [9.17, 15) is 24.3 Å². The van der Waals surface area contributed by atoms with Crippen LogP contribution in [0.1, 0.15) is 65.4 Å². The number of aryl methyl sites for hydroxylation is 1. The van der Waals surface area contributed by atoms with E-state index in [4.69, 9.17) is 5.73 Å². The first-order valence-corrected chi connectivity index (χ1v) is 13.3. The summed E-state index contributed by atoms with van der Waals surface area (Å²) in [5.74, 6) is -2.57. The van der Waals surface area contributed by atoms with Crippen LogP contribution in [0.3, 0.4) is 0 Å². The lowest BCUT2D eigenvalue weighted by Gasteiger charge is -2.27. The van der Waals surface area contributed by atoms with E-state index in [-0.39, 0.29) is 17.6 Å². The predicted octanol–water partition coefficient (Wildman–Crippen LogP) is 2.42. The SMILES string of the molecule is CC(C)C[C@H](NC(=O)[C@H](CC(C)C)NC(=O)C(CCCc1ccccc1)C(O)CS)C(=O)CC(N)=O. The van der Waals surface area contributed by atoms with Crippen molar-refractivity contribution in [1.82, 2.24) is 10.6 Å². The van der Waals surface area contributed by atoms with Crippen molar-refractivity contribution in [1.29, 1.82) is 0 Å². The number of benzene rings is 1. The molecule has 36 heavy (non-hydrogen) atoms. The second-order valence-electron chi connectivity index (χ2n) is 10.2. The molecule has 0 aliphatic carbocycles. The predicted molar refractivity (Wildman–Crippen MR) is 144 cm³/mol. The number of carbonyl (C=O) groups is 4. The Balaban J connectivity index is 2.95. The number of thiol groups is 1. The van der Waals surface area contributed by atoms with Gasteiger partial charge in [-0.15, -0.1) is 0 Å². The van der Waals surface area contributed by atoms with Gasteiger partial charge in [0.15, 0.2) is 5.78 Å². The third kappa shape index (κ3) is 12.0. The Hall–Kier alpha value is -2.39. The van der Waals surface area contributed by atoms with Crippen molar-refractivity contribution in [2.24, 2.45) is 23.5 Å². The fourth-order valence-electron chi connectivity index (χ4n) is 4.09. The molecule has 0 spiro atoms. The summed E-state index contributed by atoms with van der Waals surface area (Å²) in [6.45, 7) is 7.66. The first kappa shape index (κ1) is 31.6. The topological polar surface area (TPSA) is 139 Å². The van der Waals surface area contributed by atoms with E-state index in [0.717, 1.165) is 12.0 Å². The van der Waals surface area contributed by atoms with Gasteiger partial charge in [0.2, 0.25) is 17.7 Å². The van der Waals surface area contributed by atoms with Crippen molar-refractivity contribution in [3.05, 3.63) is 35.9 Å². The number of hydrogen-bond acceptors (Lipinski definition) is 6. The molecule has 0 saturated heterocycles. The minimum atomic E-state index is -0.960. The molecule has 1 aromatic rings. The number of carbonyl (C=O) groups excluding carboxylic acids is 4. The van der Waals surface area contributed by atoms with E-state index >= 15 is 0 Å². The zero-order valence-electron chi connectivity index (χ0n) is 21.9. The Bertz CT molecular complexity index is 847. The van der Waals surface area contributed by atoms with Crippen LogP contribution in [0.25, 0.3) is 0 Å². The summed E-state index contributed by atoms with van der Waals surface area (Å²) in [5, 5.41) is 16.0. The molecule has 202 valence electrons. The number of primary amides is 1. The lowest BCUT2D eigenvalue weighted by Crippen LogP contribution is -2.54. The highest BCUT2D eigenvalue weighted by molar-refractivity contribution is 7.80. The average molecular weight is 522 g/mol. The maximum Gasteiger partial charge on any atom is 0.243 e. The van der Waals surface area contributed by atoms with Gasteiger partial charge in [-0.1, -0.05) is 58.0 Å². The number of ketones is 1. The molecule has 2 unspecified atom stereocenters. The van der Waals surface area contributed by atoms with Gasteiger partial charge in [0, 0.05) is 5.75 Å². The zero-order chi connectivity index (χ0) is 27.3. The summed E-state index contributed by atoms with van der Waals surface area (Å²) in [4.78, 5) is 50.2. The standard InChI is InChI=1S/C27H43N3O5S/c1-17(2)13-21(23(31)15-25(28)33)29-27(35)22(14-18(3)4)30-26(34)20(24(32)16-36)12-8-11-19-9-6-5-7-10-19/h5-7,9-10,17-18,20-22,24,32,36H,8,11-16H2,1-4H3,(H2,28,33)(H,29,35)(H,30,34)/t20?,21-,22-,24?/m0/s1. The van der Waals surface area contributed by atoms with Gasteiger partial charge < -0.3 is 21.5 Å². The van der Waals surface area contributed by atoms with Crippen LogP contribution < -0.4 is 16.4 Å². The molecule has 9 heteroatoms. The van der Waals surface area contributed by atoms with Crippen LogP contribution in [-0.4, -0.2) is 52.6 Å². The van der Waals surface area contributed by atoms with Crippen molar-refractivity contribution >= 4 is 36.1 Å². The van der Waals surface area contributed by atoms with Crippen molar-refractivity contribution in [2.75, 3.05) is 5.75 Å². The van der Waals surface area contributed by atoms with Gasteiger partial charge in [-0.05, 0) is 49.5 Å². The summed E-state index contributed by atoms with van der Waals surface area (Å²) < 4.78 is 0. The highest BCUT2D eigenvalue weighted by Crippen LogP contribution is 2.18. The lowest BCUT2D eigenvalue weighted by atomic mass is 9.93. The Kier molecular flexibility index (Phi) is 14.4. The van der Waals surface area contributed by atoms with Crippen LogP contribution in [0.5, 0.6) is 0 Å². The third-order valence-corrected chi connectivity index (χ3v) is 6.29. The summed E-state index contributed by atoms with van der Waals surface area (Å²) in [6, 6.07) is 8.12.